The number of hydrogen-bond donors (Lipinski definition) is 1. The van der Waals surface area contributed by atoms with Gasteiger partial charge >= 0.3 is 0 Å². The second-order valence-corrected chi connectivity index (χ2v) is 4.46. The third-order valence-corrected chi connectivity index (χ3v) is 3.36. The minimum absolute atomic E-state index is 0.0201. The van der Waals surface area contributed by atoms with E-state index in [2.05, 4.69) is 4.98 Å². The quantitative estimate of drug-likeness (QED) is 0.751. The molecule has 2 rings (SSSR count). The predicted octanol–water partition coefficient (Wildman–Crippen LogP) is 1.79. The van der Waals surface area contributed by atoms with Crippen molar-refractivity contribution < 1.29 is 9.90 Å². The molecule has 1 unspecified atom stereocenters. The van der Waals surface area contributed by atoms with Gasteiger partial charge in [0.25, 0.3) is 0 Å². The number of aliphatic hydroxyl groups is 1. The highest BCUT2D eigenvalue weighted by Crippen LogP contribution is 2.41. The molecule has 1 saturated carbocycles. The topological polar surface area (TPSA) is 50.2 Å². The second kappa shape index (κ2) is 3.20. The predicted molar refractivity (Wildman–Crippen MR) is 49.8 cm³/mol. The fourth-order valence-electron chi connectivity index (χ4n) is 1.20. The molecule has 3 nitrogen and oxygen atoms in total. The van der Waals surface area contributed by atoms with Gasteiger partial charge in [-0.15, -0.1) is 11.3 Å². The van der Waals surface area contributed by atoms with Crippen molar-refractivity contribution in [2.75, 3.05) is 0 Å². The van der Waals surface area contributed by atoms with Gasteiger partial charge in [-0.05, 0) is 18.8 Å². The SMILES string of the molecule is CC(=O)c1cnc(C(O)C2CC2)s1. The number of hydrogen-bond acceptors (Lipinski definition) is 4. The molecule has 0 spiro atoms. The molecule has 1 aromatic rings. The second-order valence-electron chi connectivity index (χ2n) is 3.40. The molecular weight excluding hydrogens is 186 g/mol. The minimum atomic E-state index is -0.446. The first-order valence-corrected chi connectivity index (χ1v) is 5.15. The fraction of sp³-hybridized carbons (Fsp3) is 0.556. The lowest BCUT2D eigenvalue weighted by molar-refractivity contribution is 0.102. The highest BCUT2D eigenvalue weighted by molar-refractivity contribution is 7.13. The Morgan fingerprint density at radius 1 is 1.77 bits per heavy atom. The summed E-state index contributed by atoms with van der Waals surface area (Å²) >= 11 is 1.31. The molecule has 0 aromatic carbocycles. The summed E-state index contributed by atoms with van der Waals surface area (Å²) in [4.78, 5) is 15.6. The Labute approximate surface area is 80.4 Å². The molecule has 4 heteroatoms. The van der Waals surface area contributed by atoms with E-state index in [1.807, 2.05) is 0 Å². The summed E-state index contributed by atoms with van der Waals surface area (Å²) in [7, 11) is 0. The van der Waals surface area contributed by atoms with Crippen LogP contribution < -0.4 is 0 Å². The van der Waals surface area contributed by atoms with Gasteiger partial charge in [-0.2, -0.15) is 0 Å². The lowest BCUT2D eigenvalue weighted by Gasteiger charge is -2.02. The Kier molecular flexibility index (Phi) is 2.17. The molecule has 70 valence electrons. The van der Waals surface area contributed by atoms with Crippen molar-refractivity contribution in [1.82, 2.24) is 4.98 Å². The number of rotatable bonds is 3. The average molecular weight is 197 g/mol. The van der Waals surface area contributed by atoms with Gasteiger partial charge in [0.15, 0.2) is 5.78 Å². The Hall–Kier alpha value is -0.740. The lowest BCUT2D eigenvalue weighted by atomic mass is 10.2. The van der Waals surface area contributed by atoms with Crippen LogP contribution in [0.15, 0.2) is 6.20 Å². The molecule has 1 heterocycles. The smallest absolute Gasteiger partial charge is 0.171 e. The molecular formula is C9H11NO2S. The molecule has 1 atom stereocenters. The van der Waals surface area contributed by atoms with Crippen LogP contribution in [0, 0.1) is 5.92 Å². The maximum absolute atomic E-state index is 11.0. The Morgan fingerprint density at radius 2 is 2.46 bits per heavy atom. The van der Waals surface area contributed by atoms with Crippen LogP contribution in [0.3, 0.4) is 0 Å². The third kappa shape index (κ3) is 1.78. The van der Waals surface area contributed by atoms with Crippen molar-refractivity contribution in [1.29, 1.82) is 0 Å². The van der Waals surface area contributed by atoms with Crippen molar-refractivity contribution >= 4 is 17.1 Å². The van der Waals surface area contributed by atoms with Crippen LogP contribution in [-0.2, 0) is 0 Å². The van der Waals surface area contributed by atoms with E-state index in [9.17, 15) is 9.90 Å². The first kappa shape index (κ1) is 8.84. The normalized spacial score (nSPS) is 18.6. The van der Waals surface area contributed by atoms with E-state index in [1.54, 1.807) is 6.20 Å². The summed E-state index contributed by atoms with van der Waals surface area (Å²) in [6.07, 6.45) is 3.26. The molecule has 1 aliphatic rings. The number of carbonyl (C=O) groups excluding carboxylic acids is 1. The molecule has 1 aliphatic carbocycles. The number of ketones is 1. The highest BCUT2D eigenvalue weighted by atomic mass is 32.1. The van der Waals surface area contributed by atoms with E-state index in [1.165, 1.54) is 18.3 Å². The van der Waals surface area contributed by atoms with Crippen LogP contribution in [0.2, 0.25) is 0 Å². The Bertz CT molecular complexity index is 330. The van der Waals surface area contributed by atoms with E-state index < -0.39 is 6.10 Å². The average Bonchev–Trinajstić information content (AvgIpc) is 2.81. The zero-order valence-electron chi connectivity index (χ0n) is 7.36. The Balaban J connectivity index is 2.16. The van der Waals surface area contributed by atoms with Crippen molar-refractivity contribution in [2.45, 2.75) is 25.9 Å². The highest BCUT2D eigenvalue weighted by Gasteiger charge is 2.32. The van der Waals surface area contributed by atoms with Crippen LogP contribution in [0.25, 0.3) is 0 Å². The van der Waals surface area contributed by atoms with Gasteiger partial charge in [0.05, 0.1) is 4.88 Å². The van der Waals surface area contributed by atoms with Crippen molar-refractivity contribution in [3.8, 4) is 0 Å². The summed E-state index contributed by atoms with van der Waals surface area (Å²) < 4.78 is 0. The lowest BCUT2D eigenvalue weighted by Crippen LogP contribution is -1.97. The number of nitrogens with zero attached hydrogens (tertiary/aromatic N) is 1. The van der Waals surface area contributed by atoms with Gasteiger partial charge in [-0.3, -0.25) is 4.79 Å². The maximum Gasteiger partial charge on any atom is 0.171 e. The zero-order chi connectivity index (χ0) is 9.42. The first-order valence-electron chi connectivity index (χ1n) is 4.33. The Morgan fingerprint density at radius 3 is 2.92 bits per heavy atom. The first-order chi connectivity index (χ1) is 6.18. The monoisotopic (exact) mass is 197 g/mol. The maximum atomic E-state index is 11.0. The molecule has 1 fully saturated rings. The molecule has 0 saturated heterocycles. The van der Waals surface area contributed by atoms with E-state index in [4.69, 9.17) is 0 Å². The molecule has 0 bridgehead atoms. The van der Waals surface area contributed by atoms with E-state index in [0.717, 1.165) is 12.8 Å². The van der Waals surface area contributed by atoms with E-state index in [-0.39, 0.29) is 5.78 Å². The molecule has 0 radical (unpaired) electrons. The minimum Gasteiger partial charge on any atom is -0.386 e. The molecule has 0 amide bonds. The van der Waals surface area contributed by atoms with Gasteiger partial charge in [-0.25, -0.2) is 4.98 Å². The van der Waals surface area contributed by atoms with Gasteiger partial charge in [0, 0.05) is 13.1 Å². The summed E-state index contributed by atoms with van der Waals surface area (Å²) in [6.45, 7) is 1.51. The molecule has 1 N–H and O–H groups in total. The van der Waals surface area contributed by atoms with Gasteiger partial charge < -0.3 is 5.11 Å². The summed E-state index contributed by atoms with van der Waals surface area (Å²) in [5, 5.41) is 10.4. The van der Waals surface area contributed by atoms with Crippen molar-refractivity contribution in [3.63, 3.8) is 0 Å². The standard InChI is InChI=1S/C9H11NO2S/c1-5(11)7-4-10-9(13-7)8(12)6-2-3-6/h4,6,8,12H,2-3H2,1H3. The number of aromatic nitrogens is 1. The molecule has 1 aromatic heterocycles. The van der Waals surface area contributed by atoms with Crippen LogP contribution in [-0.4, -0.2) is 15.9 Å². The number of thiazole rings is 1. The zero-order valence-corrected chi connectivity index (χ0v) is 8.17. The van der Waals surface area contributed by atoms with Crippen LogP contribution >= 0.6 is 11.3 Å². The number of carbonyl (C=O) groups is 1. The van der Waals surface area contributed by atoms with Gasteiger partial charge in [0.1, 0.15) is 11.1 Å². The largest absolute Gasteiger partial charge is 0.386 e. The molecule has 0 aliphatic heterocycles. The van der Waals surface area contributed by atoms with Crippen LogP contribution in [0.4, 0.5) is 0 Å². The van der Waals surface area contributed by atoms with Gasteiger partial charge in [0.2, 0.25) is 0 Å². The number of Topliss-reactive ketones (excluding diaryl/α,β-unsaturated/α-hetero) is 1. The van der Waals surface area contributed by atoms with E-state index in [0.29, 0.717) is 15.8 Å². The molecule has 13 heavy (non-hydrogen) atoms. The third-order valence-electron chi connectivity index (χ3n) is 2.19. The van der Waals surface area contributed by atoms with Crippen LogP contribution in [0.5, 0.6) is 0 Å². The van der Waals surface area contributed by atoms with Crippen LogP contribution in [0.1, 0.15) is 40.5 Å². The summed E-state index contributed by atoms with van der Waals surface area (Å²) in [5.74, 6) is 0.401. The van der Waals surface area contributed by atoms with E-state index >= 15 is 0 Å². The van der Waals surface area contributed by atoms with Crippen molar-refractivity contribution in [2.24, 2.45) is 5.92 Å². The number of aliphatic hydroxyl groups excluding tert-OH is 1. The van der Waals surface area contributed by atoms with Gasteiger partial charge in [-0.1, -0.05) is 0 Å². The summed E-state index contributed by atoms with van der Waals surface area (Å²) in [5.41, 5.74) is 0. The fourth-order valence-corrected chi connectivity index (χ4v) is 2.09. The van der Waals surface area contributed by atoms with Crippen molar-refractivity contribution in [3.05, 3.63) is 16.1 Å². The summed E-state index contributed by atoms with van der Waals surface area (Å²) in [6, 6.07) is 0.